The Morgan fingerprint density at radius 2 is 1.92 bits per heavy atom. The summed E-state index contributed by atoms with van der Waals surface area (Å²) in [7, 11) is 1.72. The van der Waals surface area contributed by atoms with Crippen LogP contribution in [-0.2, 0) is 6.42 Å². The van der Waals surface area contributed by atoms with Crippen molar-refractivity contribution in [1.82, 2.24) is 15.1 Å². The van der Waals surface area contributed by atoms with Crippen LogP contribution in [0, 0.1) is 0 Å². The maximum absolute atomic E-state index is 12.1. The van der Waals surface area contributed by atoms with E-state index < -0.39 is 0 Å². The van der Waals surface area contributed by atoms with Gasteiger partial charge in [-0.1, -0.05) is 38.0 Å². The zero-order valence-corrected chi connectivity index (χ0v) is 15.1. The average molecular weight is 333 g/mol. The molecule has 0 atom stereocenters. The lowest BCUT2D eigenvalue weighted by atomic mass is 10.1. The molecule has 0 aromatic heterocycles. The number of piperazine rings is 1. The topological polar surface area (TPSA) is 44.8 Å². The molecular formula is C19H31N3O2. The van der Waals surface area contributed by atoms with Crippen LogP contribution in [0.3, 0.4) is 0 Å². The number of amides is 2. The van der Waals surface area contributed by atoms with Gasteiger partial charge in [0.25, 0.3) is 0 Å². The third-order valence-electron chi connectivity index (χ3n) is 4.61. The lowest BCUT2D eigenvalue weighted by Gasteiger charge is -2.34. The first-order valence-corrected chi connectivity index (χ1v) is 9.11. The minimum absolute atomic E-state index is 0.0930. The van der Waals surface area contributed by atoms with E-state index in [-0.39, 0.29) is 6.03 Å². The number of benzene rings is 1. The van der Waals surface area contributed by atoms with Gasteiger partial charge in [-0.3, -0.25) is 4.90 Å². The number of unbranched alkanes of at least 4 members (excludes halogenated alkanes) is 2. The number of methoxy groups -OCH3 is 1. The largest absolute Gasteiger partial charge is 0.496 e. The number of hydrogen-bond acceptors (Lipinski definition) is 3. The highest BCUT2D eigenvalue weighted by Gasteiger charge is 2.20. The number of rotatable bonds is 8. The predicted octanol–water partition coefficient (Wildman–Crippen LogP) is 2.76. The number of carbonyl (C=O) groups is 1. The van der Waals surface area contributed by atoms with Crippen LogP contribution in [0.25, 0.3) is 0 Å². The number of nitrogens with one attached hydrogen (secondary N) is 1. The molecule has 0 radical (unpaired) electrons. The van der Waals surface area contributed by atoms with Crippen LogP contribution in [0.15, 0.2) is 24.3 Å². The fourth-order valence-corrected chi connectivity index (χ4v) is 3.04. The molecule has 2 amide bonds. The minimum atomic E-state index is 0.0930. The Hall–Kier alpha value is -1.75. The molecule has 2 rings (SSSR count). The van der Waals surface area contributed by atoms with Gasteiger partial charge in [0.1, 0.15) is 5.75 Å². The number of carbonyl (C=O) groups excluding carboxylic acids is 1. The highest BCUT2D eigenvalue weighted by molar-refractivity contribution is 5.74. The fraction of sp³-hybridized carbons (Fsp3) is 0.632. The SMILES string of the molecule is CCCCCNC(=O)N1CCN(CCc2ccccc2OC)CC1. The molecule has 1 aliphatic rings. The Balaban J connectivity index is 1.68. The van der Waals surface area contributed by atoms with Gasteiger partial charge in [-0.15, -0.1) is 0 Å². The minimum Gasteiger partial charge on any atom is -0.496 e. The van der Waals surface area contributed by atoms with Crippen LogP contribution in [0.4, 0.5) is 4.79 Å². The van der Waals surface area contributed by atoms with Crippen LogP contribution in [0.5, 0.6) is 5.75 Å². The molecule has 134 valence electrons. The highest BCUT2D eigenvalue weighted by atomic mass is 16.5. The molecule has 0 bridgehead atoms. The van der Waals surface area contributed by atoms with Gasteiger partial charge < -0.3 is 15.0 Å². The average Bonchev–Trinajstić information content (AvgIpc) is 2.64. The van der Waals surface area contributed by atoms with E-state index in [1.54, 1.807) is 7.11 Å². The molecule has 0 spiro atoms. The van der Waals surface area contributed by atoms with Crippen molar-refractivity contribution in [3.63, 3.8) is 0 Å². The summed E-state index contributed by atoms with van der Waals surface area (Å²) in [5, 5.41) is 3.03. The number of ether oxygens (including phenoxy) is 1. The van der Waals surface area contributed by atoms with Crippen LogP contribution in [0.2, 0.25) is 0 Å². The summed E-state index contributed by atoms with van der Waals surface area (Å²) in [6.45, 7) is 7.48. The molecule has 0 aliphatic carbocycles. The van der Waals surface area contributed by atoms with Crippen molar-refractivity contribution in [2.45, 2.75) is 32.6 Å². The molecule has 5 heteroatoms. The van der Waals surface area contributed by atoms with Gasteiger partial charge in [0, 0.05) is 39.3 Å². The fourth-order valence-electron chi connectivity index (χ4n) is 3.04. The Labute approximate surface area is 146 Å². The van der Waals surface area contributed by atoms with E-state index in [2.05, 4.69) is 29.3 Å². The zero-order valence-electron chi connectivity index (χ0n) is 15.1. The lowest BCUT2D eigenvalue weighted by Crippen LogP contribution is -2.52. The smallest absolute Gasteiger partial charge is 0.317 e. The molecule has 1 saturated heterocycles. The van der Waals surface area contributed by atoms with Crippen molar-refractivity contribution < 1.29 is 9.53 Å². The number of urea groups is 1. The quantitative estimate of drug-likeness (QED) is 0.744. The summed E-state index contributed by atoms with van der Waals surface area (Å²) < 4.78 is 5.41. The molecule has 24 heavy (non-hydrogen) atoms. The van der Waals surface area contributed by atoms with Crippen molar-refractivity contribution in [2.75, 3.05) is 46.4 Å². The van der Waals surface area contributed by atoms with E-state index in [0.717, 1.165) is 57.9 Å². The van der Waals surface area contributed by atoms with E-state index in [0.29, 0.717) is 0 Å². The second-order valence-corrected chi connectivity index (χ2v) is 6.33. The van der Waals surface area contributed by atoms with E-state index in [4.69, 9.17) is 4.74 Å². The van der Waals surface area contributed by atoms with E-state index in [9.17, 15) is 4.79 Å². The monoisotopic (exact) mass is 333 g/mol. The molecule has 1 fully saturated rings. The Kier molecular flexibility index (Phi) is 7.89. The molecule has 0 unspecified atom stereocenters. The molecule has 1 N–H and O–H groups in total. The number of para-hydroxylation sites is 1. The maximum Gasteiger partial charge on any atom is 0.317 e. The number of hydrogen-bond donors (Lipinski definition) is 1. The van der Waals surface area contributed by atoms with Crippen molar-refractivity contribution in [2.24, 2.45) is 0 Å². The van der Waals surface area contributed by atoms with E-state index in [1.807, 2.05) is 17.0 Å². The van der Waals surface area contributed by atoms with Gasteiger partial charge >= 0.3 is 6.03 Å². The zero-order chi connectivity index (χ0) is 17.2. The third kappa shape index (κ3) is 5.71. The van der Waals surface area contributed by atoms with Crippen molar-refractivity contribution in [3.05, 3.63) is 29.8 Å². The first-order valence-electron chi connectivity index (χ1n) is 9.11. The van der Waals surface area contributed by atoms with Gasteiger partial charge in [-0.05, 0) is 24.5 Å². The molecule has 0 saturated carbocycles. The van der Waals surface area contributed by atoms with Crippen LogP contribution < -0.4 is 10.1 Å². The number of nitrogens with zero attached hydrogens (tertiary/aromatic N) is 2. The predicted molar refractivity (Wildman–Crippen MR) is 97.6 cm³/mol. The molecule has 5 nitrogen and oxygen atoms in total. The molecule has 1 heterocycles. The van der Waals surface area contributed by atoms with Gasteiger partial charge in [-0.25, -0.2) is 4.79 Å². The normalized spacial score (nSPS) is 15.3. The molecule has 1 aromatic carbocycles. The van der Waals surface area contributed by atoms with Crippen LogP contribution >= 0.6 is 0 Å². The summed E-state index contributed by atoms with van der Waals surface area (Å²) in [4.78, 5) is 16.5. The van der Waals surface area contributed by atoms with Gasteiger partial charge in [0.15, 0.2) is 0 Å². The highest BCUT2D eigenvalue weighted by Crippen LogP contribution is 2.18. The first kappa shape index (κ1) is 18.6. The molecule has 1 aliphatic heterocycles. The third-order valence-corrected chi connectivity index (χ3v) is 4.61. The van der Waals surface area contributed by atoms with E-state index >= 15 is 0 Å². The second-order valence-electron chi connectivity index (χ2n) is 6.33. The van der Waals surface area contributed by atoms with Gasteiger partial charge in [0.05, 0.1) is 7.11 Å². The molecular weight excluding hydrogens is 302 g/mol. The summed E-state index contributed by atoms with van der Waals surface area (Å²) >= 11 is 0. The van der Waals surface area contributed by atoms with Crippen LogP contribution in [-0.4, -0.2) is 62.2 Å². The summed E-state index contributed by atoms with van der Waals surface area (Å²) in [6.07, 6.45) is 4.41. The maximum atomic E-state index is 12.1. The van der Waals surface area contributed by atoms with Gasteiger partial charge in [-0.2, -0.15) is 0 Å². The van der Waals surface area contributed by atoms with Crippen molar-refractivity contribution in [3.8, 4) is 5.75 Å². The summed E-state index contributed by atoms with van der Waals surface area (Å²) in [6, 6.07) is 8.28. The lowest BCUT2D eigenvalue weighted by molar-refractivity contribution is 0.140. The van der Waals surface area contributed by atoms with Crippen molar-refractivity contribution >= 4 is 6.03 Å². The van der Waals surface area contributed by atoms with Crippen LogP contribution in [0.1, 0.15) is 31.7 Å². The Bertz CT molecular complexity index is 499. The Morgan fingerprint density at radius 1 is 1.17 bits per heavy atom. The second kappa shape index (κ2) is 10.2. The standard InChI is InChI=1S/C19H31N3O2/c1-3-4-7-11-20-19(23)22-15-13-21(14-16-22)12-10-17-8-5-6-9-18(17)24-2/h5-6,8-9H,3-4,7,10-16H2,1-2H3,(H,20,23). The van der Waals surface area contributed by atoms with Gasteiger partial charge in [0.2, 0.25) is 0 Å². The van der Waals surface area contributed by atoms with Crippen molar-refractivity contribution in [1.29, 1.82) is 0 Å². The Morgan fingerprint density at radius 3 is 2.62 bits per heavy atom. The van der Waals surface area contributed by atoms with E-state index in [1.165, 1.54) is 18.4 Å². The summed E-state index contributed by atoms with van der Waals surface area (Å²) in [5.74, 6) is 0.961. The first-order chi connectivity index (χ1) is 11.7. The molecule has 1 aromatic rings. The summed E-state index contributed by atoms with van der Waals surface area (Å²) in [5.41, 5.74) is 1.25.